The first kappa shape index (κ1) is 13.4. The zero-order valence-electron chi connectivity index (χ0n) is 11.1. The summed E-state index contributed by atoms with van der Waals surface area (Å²) in [6, 6.07) is 9.98. The van der Waals surface area contributed by atoms with Crippen LogP contribution >= 0.6 is 34.2 Å². The van der Waals surface area contributed by atoms with E-state index in [0.29, 0.717) is 16.9 Å². The number of pyridine rings is 1. The Bertz CT molecular complexity index is 841. The molecule has 1 aliphatic carbocycles. The van der Waals surface area contributed by atoms with E-state index in [0.717, 1.165) is 25.7 Å². The first-order chi connectivity index (χ1) is 10.2. The second-order valence-corrected chi connectivity index (χ2v) is 6.62. The van der Waals surface area contributed by atoms with E-state index >= 15 is 0 Å². The number of halogens is 2. The summed E-state index contributed by atoms with van der Waals surface area (Å²) in [6.45, 7) is 0. The van der Waals surface area contributed by atoms with Crippen molar-refractivity contribution in [2.45, 2.75) is 18.8 Å². The number of hydrogen-bond acceptors (Lipinski definition) is 3. The molecule has 4 rings (SSSR count). The van der Waals surface area contributed by atoms with E-state index in [4.69, 9.17) is 16.6 Å². The Kier molecular flexibility index (Phi) is 3.30. The Morgan fingerprint density at radius 1 is 1.10 bits per heavy atom. The van der Waals surface area contributed by atoms with Crippen molar-refractivity contribution in [3.05, 3.63) is 50.9 Å². The van der Waals surface area contributed by atoms with Crippen LogP contribution in [-0.2, 0) is 0 Å². The van der Waals surface area contributed by atoms with Gasteiger partial charge in [0.2, 0.25) is 0 Å². The molecule has 0 spiro atoms. The minimum Gasteiger partial charge on any atom is -0.256 e. The van der Waals surface area contributed by atoms with Gasteiger partial charge in [-0.05, 0) is 47.6 Å². The van der Waals surface area contributed by atoms with Crippen LogP contribution in [0.15, 0.2) is 36.5 Å². The second kappa shape index (κ2) is 5.18. The van der Waals surface area contributed by atoms with Gasteiger partial charge in [-0.1, -0.05) is 29.8 Å². The Balaban J connectivity index is 1.96. The SMILES string of the molecule is Clc1nc(-c2ccnc3ccccc23)nc(C2CC2)c1I. The highest BCUT2D eigenvalue weighted by Gasteiger charge is 2.29. The molecule has 3 aromatic rings. The van der Waals surface area contributed by atoms with Crippen molar-refractivity contribution in [2.75, 3.05) is 0 Å². The van der Waals surface area contributed by atoms with Gasteiger partial charge in [0.1, 0.15) is 5.15 Å². The molecule has 1 fully saturated rings. The van der Waals surface area contributed by atoms with Crippen LogP contribution in [0.1, 0.15) is 24.5 Å². The fourth-order valence-electron chi connectivity index (χ4n) is 2.47. The number of benzene rings is 1. The van der Waals surface area contributed by atoms with Gasteiger partial charge in [-0.15, -0.1) is 0 Å². The summed E-state index contributed by atoms with van der Waals surface area (Å²) in [4.78, 5) is 13.7. The molecule has 0 bridgehead atoms. The molecule has 21 heavy (non-hydrogen) atoms. The summed E-state index contributed by atoms with van der Waals surface area (Å²) >= 11 is 8.56. The van der Waals surface area contributed by atoms with E-state index in [2.05, 4.69) is 32.6 Å². The second-order valence-electron chi connectivity index (χ2n) is 5.19. The van der Waals surface area contributed by atoms with Gasteiger partial charge < -0.3 is 0 Å². The smallest absolute Gasteiger partial charge is 0.161 e. The van der Waals surface area contributed by atoms with E-state index in [9.17, 15) is 0 Å². The summed E-state index contributed by atoms with van der Waals surface area (Å²) in [5.41, 5.74) is 3.02. The van der Waals surface area contributed by atoms with Gasteiger partial charge in [0.05, 0.1) is 14.8 Å². The normalized spacial score (nSPS) is 14.6. The van der Waals surface area contributed by atoms with Crippen LogP contribution in [0.5, 0.6) is 0 Å². The molecular weight excluding hydrogens is 397 g/mol. The predicted octanol–water partition coefficient (Wildman–Crippen LogP) is 4.83. The highest BCUT2D eigenvalue weighted by atomic mass is 127. The molecule has 0 amide bonds. The zero-order valence-corrected chi connectivity index (χ0v) is 14.0. The Morgan fingerprint density at radius 2 is 1.90 bits per heavy atom. The van der Waals surface area contributed by atoms with Crippen molar-refractivity contribution < 1.29 is 0 Å². The van der Waals surface area contributed by atoms with Crippen LogP contribution in [0.3, 0.4) is 0 Å². The molecule has 1 aliphatic rings. The number of rotatable bonds is 2. The van der Waals surface area contributed by atoms with E-state index < -0.39 is 0 Å². The number of nitrogens with zero attached hydrogens (tertiary/aromatic N) is 3. The third kappa shape index (κ3) is 2.40. The zero-order chi connectivity index (χ0) is 14.4. The standard InChI is InChI=1S/C16H11ClIN3/c17-15-13(18)14(9-5-6-9)20-16(21-15)11-7-8-19-12-4-2-1-3-10(11)12/h1-4,7-9H,5-6H2. The van der Waals surface area contributed by atoms with Gasteiger partial charge in [-0.3, -0.25) is 4.98 Å². The van der Waals surface area contributed by atoms with Crippen molar-refractivity contribution in [3.63, 3.8) is 0 Å². The monoisotopic (exact) mass is 407 g/mol. The third-order valence-corrected chi connectivity index (χ3v) is 5.35. The summed E-state index contributed by atoms with van der Waals surface area (Å²) in [5.74, 6) is 1.24. The molecule has 0 saturated heterocycles. The van der Waals surface area contributed by atoms with Gasteiger partial charge in [-0.25, -0.2) is 9.97 Å². The van der Waals surface area contributed by atoms with Crippen LogP contribution in [-0.4, -0.2) is 15.0 Å². The maximum atomic E-state index is 6.32. The molecule has 1 saturated carbocycles. The van der Waals surface area contributed by atoms with E-state index in [1.165, 1.54) is 12.8 Å². The Morgan fingerprint density at radius 3 is 2.71 bits per heavy atom. The molecule has 0 radical (unpaired) electrons. The summed E-state index contributed by atoms with van der Waals surface area (Å²) in [7, 11) is 0. The third-order valence-electron chi connectivity index (χ3n) is 3.69. The predicted molar refractivity (Wildman–Crippen MR) is 92.5 cm³/mol. The average Bonchev–Trinajstić information content (AvgIpc) is 3.34. The fourth-order valence-corrected chi connectivity index (χ4v) is 3.33. The Hall–Kier alpha value is -1.27. The minimum absolute atomic E-state index is 0.545. The molecule has 0 atom stereocenters. The molecule has 2 heterocycles. The molecule has 1 aromatic carbocycles. The summed E-state index contributed by atoms with van der Waals surface area (Å²) in [5, 5.41) is 1.60. The largest absolute Gasteiger partial charge is 0.256 e. The number of fused-ring (bicyclic) bond motifs is 1. The molecule has 2 aromatic heterocycles. The van der Waals surface area contributed by atoms with Crippen LogP contribution in [0, 0.1) is 3.57 Å². The molecule has 0 aliphatic heterocycles. The lowest BCUT2D eigenvalue weighted by molar-refractivity contribution is 0.979. The van der Waals surface area contributed by atoms with Crippen molar-refractivity contribution in [1.82, 2.24) is 15.0 Å². The molecule has 3 nitrogen and oxygen atoms in total. The number of aromatic nitrogens is 3. The average molecular weight is 408 g/mol. The maximum absolute atomic E-state index is 6.32. The van der Waals surface area contributed by atoms with Gasteiger partial charge in [0.15, 0.2) is 5.82 Å². The van der Waals surface area contributed by atoms with Gasteiger partial charge in [0.25, 0.3) is 0 Å². The van der Waals surface area contributed by atoms with Crippen LogP contribution in [0.25, 0.3) is 22.3 Å². The van der Waals surface area contributed by atoms with Crippen LogP contribution < -0.4 is 0 Å². The molecule has 104 valence electrons. The number of hydrogen-bond donors (Lipinski definition) is 0. The van der Waals surface area contributed by atoms with E-state index in [1.54, 1.807) is 6.20 Å². The van der Waals surface area contributed by atoms with Crippen molar-refractivity contribution in [2.24, 2.45) is 0 Å². The van der Waals surface area contributed by atoms with Crippen molar-refractivity contribution in [3.8, 4) is 11.4 Å². The maximum Gasteiger partial charge on any atom is 0.161 e. The van der Waals surface area contributed by atoms with Crippen molar-refractivity contribution >= 4 is 45.1 Å². The first-order valence-electron chi connectivity index (χ1n) is 6.81. The minimum atomic E-state index is 0.545. The lowest BCUT2D eigenvalue weighted by atomic mass is 10.1. The first-order valence-corrected chi connectivity index (χ1v) is 8.27. The topological polar surface area (TPSA) is 38.7 Å². The van der Waals surface area contributed by atoms with Gasteiger partial charge >= 0.3 is 0 Å². The fraction of sp³-hybridized carbons (Fsp3) is 0.188. The van der Waals surface area contributed by atoms with Crippen LogP contribution in [0.4, 0.5) is 0 Å². The van der Waals surface area contributed by atoms with Crippen molar-refractivity contribution in [1.29, 1.82) is 0 Å². The Labute approximate surface area is 140 Å². The molecule has 5 heteroatoms. The lowest BCUT2D eigenvalue weighted by Crippen LogP contribution is -2.00. The highest BCUT2D eigenvalue weighted by Crippen LogP contribution is 2.43. The number of para-hydroxylation sites is 1. The van der Waals surface area contributed by atoms with Crippen LogP contribution in [0.2, 0.25) is 5.15 Å². The summed E-state index contributed by atoms with van der Waals surface area (Å²) < 4.78 is 0.985. The molecular formula is C16H11ClIN3. The molecule has 0 N–H and O–H groups in total. The van der Waals surface area contributed by atoms with Gasteiger partial charge in [-0.2, -0.15) is 0 Å². The lowest BCUT2D eigenvalue weighted by Gasteiger charge is -2.09. The van der Waals surface area contributed by atoms with Gasteiger partial charge in [0, 0.05) is 23.1 Å². The summed E-state index contributed by atoms with van der Waals surface area (Å²) in [6.07, 6.45) is 4.18. The van der Waals surface area contributed by atoms with E-state index in [1.807, 2.05) is 30.3 Å². The highest BCUT2D eigenvalue weighted by molar-refractivity contribution is 14.1. The quantitative estimate of drug-likeness (QED) is 0.451. The van der Waals surface area contributed by atoms with E-state index in [-0.39, 0.29) is 0 Å². The molecule has 0 unspecified atom stereocenters.